The van der Waals surface area contributed by atoms with Crippen molar-refractivity contribution < 1.29 is 248 Å². The Kier molecular flexibility index (Phi) is 30.6. The lowest BCUT2D eigenvalue weighted by Crippen LogP contribution is -2.69. The second-order valence-electron chi connectivity index (χ2n) is 28.2. The molecule has 32 rings (SSSR count). The Morgan fingerprint density at radius 1 is 0.145 bits per heavy atom. The minimum atomic E-state index is -2.42. The molecular weight excluding hydrogens is 1520 g/mol. The number of ether oxygens (including phenoxy) is 20. The second kappa shape index (κ2) is 37.9. The summed E-state index contributed by atoms with van der Waals surface area (Å²) in [6, 6.07) is 0. The highest BCUT2D eigenvalue weighted by atomic mass is 16.8. The fraction of sp³-hybridized carbons (Fsp3) is 1.00. The Morgan fingerprint density at radius 2 is 0.300 bits per heavy atom. The van der Waals surface area contributed by atoms with Crippen LogP contribution in [0.4, 0.5) is 0 Å². The van der Waals surface area contributed by atoms with Gasteiger partial charge in [-0.25, -0.2) is 0 Å². The lowest BCUT2D eigenvalue weighted by molar-refractivity contribution is -0.406. The average Bonchev–Trinajstić information content (AvgIpc) is 0.777. The van der Waals surface area contributed by atoms with E-state index in [1.165, 1.54) is 0 Å². The molecular formula is C60H100O50. The van der Waals surface area contributed by atoms with Gasteiger partial charge in [-0.2, -0.15) is 0 Å². The van der Waals surface area contributed by atoms with Crippen molar-refractivity contribution in [3.05, 3.63) is 0 Å². The van der Waals surface area contributed by atoms with E-state index < -0.39 is 373 Å². The van der Waals surface area contributed by atoms with E-state index in [9.17, 15) is 153 Å². The molecule has 0 radical (unpaired) electrons. The number of aliphatic hydroxyl groups is 30. The van der Waals surface area contributed by atoms with Crippen molar-refractivity contribution in [1.82, 2.24) is 0 Å². The monoisotopic (exact) mass is 1620 g/mol. The normalized spacial score (nSPS) is 55.1. The lowest BCUT2D eigenvalue weighted by atomic mass is 9.94. The lowest BCUT2D eigenvalue weighted by Gasteiger charge is -2.51. The molecule has 0 aromatic rings. The van der Waals surface area contributed by atoms with E-state index in [0.717, 1.165) is 0 Å². The Hall–Kier alpha value is -2.00. The van der Waals surface area contributed by atoms with Gasteiger partial charge in [0.05, 0.1) is 66.1 Å². The van der Waals surface area contributed by atoms with Crippen molar-refractivity contribution in [2.45, 2.75) is 307 Å². The van der Waals surface area contributed by atoms with Crippen molar-refractivity contribution in [2.24, 2.45) is 0 Å². The molecule has 30 N–H and O–H groups in total. The van der Waals surface area contributed by atoms with Gasteiger partial charge < -0.3 is 248 Å². The molecule has 0 amide bonds. The van der Waals surface area contributed by atoms with Gasteiger partial charge in [-0.1, -0.05) is 0 Å². The second-order valence-corrected chi connectivity index (χ2v) is 28.2. The van der Waals surface area contributed by atoms with Crippen LogP contribution in [0.3, 0.4) is 0 Å². The molecule has 0 aromatic carbocycles. The van der Waals surface area contributed by atoms with Gasteiger partial charge in [-0.05, 0) is 0 Å². The molecule has 640 valence electrons. The van der Waals surface area contributed by atoms with Crippen LogP contribution in [0, 0.1) is 0 Å². The Labute approximate surface area is 619 Å². The van der Waals surface area contributed by atoms with Gasteiger partial charge in [0.2, 0.25) is 0 Å². The molecule has 0 unspecified atom stereocenters. The van der Waals surface area contributed by atoms with Crippen LogP contribution in [-0.2, 0) is 94.7 Å². The topological polar surface area (TPSA) is 792 Å². The predicted molar refractivity (Wildman–Crippen MR) is 326 cm³/mol. The summed E-state index contributed by atoms with van der Waals surface area (Å²) < 4.78 is 116. The van der Waals surface area contributed by atoms with E-state index in [1.807, 2.05) is 0 Å². The highest BCUT2D eigenvalue weighted by Gasteiger charge is 2.62. The molecule has 50 heteroatoms. The van der Waals surface area contributed by atoms with Gasteiger partial charge >= 0.3 is 0 Å². The molecule has 0 aliphatic carbocycles. The third kappa shape index (κ3) is 17.8. The zero-order chi connectivity index (χ0) is 80.1. The fourth-order valence-electron chi connectivity index (χ4n) is 14.7. The summed E-state index contributed by atoms with van der Waals surface area (Å²) in [6.07, 6.45) is -107. The van der Waals surface area contributed by atoms with Gasteiger partial charge in [0.15, 0.2) is 62.9 Å². The maximum atomic E-state index is 11.9. The van der Waals surface area contributed by atoms with Gasteiger partial charge in [0.1, 0.15) is 244 Å². The summed E-state index contributed by atoms with van der Waals surface area (Å²) >= 11 is 0. The van der Waals surface area contributed by atoms with E-state index in [0.29, 0.717) is 0 Å². The highest BCUT2D eigenvalue weighted by molar-refractivity contribution is 5.04. The first kappa shape index (κ1) is 88.8. The van der Waals surface area contributed by atoms with Gasteiger partial charge in [0, 0.05) is 0 Å². The molecule has 0 aromatic heterocycles. The quantitative estimate of drug-likeness (QED) is 0.0768. The highest BCUT2D eigenvalue weighted by Crippen LogP contribution is 2.41. The zero-order valence-corrected chi connectivity index (χ0v) is 57.5. The van der Waals surface area contributed by atoms with E-state index in [4.69, 9.17) is 94.7 Å². The van der Waals surface area contributed by atoms with E-state index >= 15 is 0 Å². The van der Waals surface area contributed by atoms with Crippen LogP contribution in [-0.4, -0.2) is 526 Å². The number of rotatable bonds is 14. The van der Waals surface area contributed by atoms with Crippen LogP contribution >= 0.6 is 0 Å². The van der Waals surface area contributed by atoms with Crippen molar-refractivity contribution in [3.8, 4) is 0 Å². The molecule has 32 aliphatic heterocycles. The summed E-state index contributed by atoms with van der Waals surface area (Å²) in [4.78, 5) is 0. The first-order chi connectivity index (χ1) is 52.3. The summed E-state index contributed by atoms with van der Waals surface area (Å²) in [5.41, 5.74) is 0. The molecule has 32 heterocycles. The Balaban J connectivity index is 0.887. The molecule has 50 atom stereocenters. The van der Waals surface area contributed by atoms with Crippen LogP contribution < -0.4 is 0 Å². The first-order valence-corrected chi connectivity index (χ1v) is 35.2. The number of hydrogen-bond donors (Lipinski definition) is 30. The zero-order valence-electron chi connectivity index (χ0n) is 57.5. The number of aliphatic hydroxyl groups excluding tert-OH is 30. The first-order valence-electron chi connectivity index (χ1n) is 35.2. The predicted octanol–water partition coefficient (Wildman–Crippen LogP) is -21.8. The molecule has 32 fully saturated rings. The van der Waals surface area contributed by atoms with E-state index in [2.05, 4.69) is 0 Å². The molecule has 0 saturated carbocycles. The van der Waals surface area contributed by atoms with Crippen molar-refractivity contribution in [3.63, 3.8) is 0 Å². The largest absolute Gasteiger partial charge is 0.394 e. The average molecular weight is 1620 g/mol. The Morgan fingerprint density at radius 3 is 0.464 bits per heavy atom. The van der Waals surface area contributed by atoms with Crippen LogP contribution in [0.2, 0.25) is 0 Å². The molecule has 32 saturated heterocycles. The SMILES string of the molecule is OC[C@H]1O[C@H](OC[C@H]2O[C@@H]3O[C@H]4[C@H](O)[C@@H](O)[C@@H](O[C@H]5[C@H](O)[C@@H](O)[C@@H](O[C@H]6[C@H](O)[C@@H](O)[C@@H](O[C@H]7[C@H](O)[C@@H](O)[C@@H](O[C@H]8[C@H](O)[C@@H](O)[C@@H](O[C@H]9[C@H](O)[C@@H](O)[C@@H](O[C@H]%10[C@H](O)[C@@H](O)[C@@H](O[C@H]2[C@H](O)[C@H]3O)O[C@@H]%10CO)O[C@@H]9CO)O[C@@H]8CO)O[C@@H]7CO[C@H]2O[C@H](CO)[C@@H](O)[C@H](O)[C@H]2O)O[C@@H]6CO)O[C@@H]5CO)O[C@@H]4CO)[C@H](O)[C@@H](O)[C@@H]1O. The van der Waals surface area contributed by atoms with Crippen LogP contribution in [0.25, 0.3) is 0 Å². The summed E-state index contributed by atoms with van der Waals surface area (Å²) in [6.45, 7) is -11.1. The van der Waals surface area contributed by atoms with Crippen LogP contribution in [0.1, 0.15) is 0 Å². The maximum absolute atomic E-state index is 11.9. The number of hydrogen-bond acceptors (Lipinski definition) is 50. The van der Waals surface area contributed by atoms with Crippen LogP contribution in [0.5, 0.6) is 0 Å². The minimum absolute atomic E-state index is 0.955. The third-order valence-electron chi connectivity index (χ3n) is 21.1. The van der Waals surface area contributed by atoms with Gasteiger partial charge in [0.25, 0.3) is 0 Å². The van der Waals surface area contributed by atoms with Gasteiger partial charge in [-0.15, -0.1) is 0 Å². The maximum Gasteiger partial charge on any atom is 0.187 e. The summed E-state index contributed by atoms with van der Waals surface area (Å²) in [5, 5.41) is 335. The minimum Gasteiger partial charge on any atom is -0.394 e. The van der Waals surface area contributed by atoms with Crippen molar-refractivity contribution in [2.75, 3.05) is 66.1 Å². The Bertz CT molecular complexity index is 2610. The van der Waals surface area contributed by atoms with Crippen molar-refractivity contribution in [1.29, 1.82) is 0 Å². The smallest absolute Gasteiger partial charge is 0.187 e. The van der Waals surface area contributed by atoms with Gasteiger partial charge in [-0.3, -0.25) is 0 Å². The third-order valence-corrected chi connectivity index (χ3v) is 21.1. The van der Waals surface area contributed by atoms with E-state index in [1.54, 1.807) is 0 Å². The molecule has 32 aliphatic rings. The fourth-order valence-corrected chi connectivity index (χ4v) is 14.7. The summed E-state index contributed by atoms with van der Waals surface area (Å²) in [5.74, 6) is 0. The molecule has 110 heavy (non-hydrogen) atoms. The molecule has 16 bridgehead atoms. The van der Waals surface area contributed by atoms with E-state index in [-0.39, 0.29) is 0 Å². The van der Waals surface area contributed by atoms with Crippen molar-refractivity contribution >= 4 is 0 Å². The van der Waals surface area contributed by atoms with Crippen LogP contribution in [0.15, 0.2) is 0 Å². The summed E-state index contributed by atoms with van der Waals surface area (Å²) in [7, 11) is 0. The molecule has 0 spiro atoms. The molecule has 50 nitrogen and oxygen atoms in total. The standard InChI is InChI=1S/C60H100O50/c61-1-11-21(69)23(71)33(81)51(93-11)91-9-19-49-31(79)41(89)59(101-19)107-47-17(7-67)97-55(37(85)27(47)75)103-43-13(3-63)96-54(36(84)26(43)74)106-46-16(6-66)100-58(40(88)30(46)78)110-50-20(10-92-52-34(82)24(72)22(70)12(2-62)94-52)102-60(42(90)32(50)80)108-48-18(8-68)98-56(38(86)28(48)76)104-44-14(4-64)95-53(35(83)25(44)73)105-45-15(5-65)99-57(109-49)39(87)29(45)77/h11-90H,1-10H2/t11-,12-,13-,14-,15-,16-,17-,18-,19-,20-,21-,22-,23+,24+,25-,26-,27-,28-,29-,30-,31-,32-,33-,34-,35-,36-,37-,38-,39-,40-,41-,42-,43-,44-,45-,46-,47-,48-,49-,50-,51+,52+,53-,54-,55-,56-,57-,58-,59-,60-/m1/s1.